The molecule has 1 aliphatic heterocycles. The zero-order valence-corrected chi connectivity index (χ0v) is 40.7. The molecule has 4 aromatic heterocycles. The first kappa shape index (κ1) is 50.2. The third-order valence-electron chi connectivity index (χ3n) is 11.0. The molecule has 8 heteroatoms. The summed E-state index contributed by atoms with van der Waals surface area (Å²) < 4.78 is 2.39. The van der Waals surface area contributed by atoms with Crippen LogP contribution in [0.15, 0.2) is 212 Å². The summed E-state index contributed by atoms with van der Waals surface area (Å²) in [5, 5.41) is 8.28. The number of hydrogen-bond acceptors (Lipinski definition) is 7. The van der Waals surface area contributed by atoms with Crippen molar-refractivity contribution in [3.8, 4) is 16.8 Å². The van der Waals surface area contributed by atoms with Gasteiger partial charge in [-0.2, -0.15) is 0 Å². The third-order valence-corrected chi connectivity index (χ3v) is 11.0. The van der Waals surface area contributed by atoms with E-state index in [1.165, 1.54) is 5.56 Å². The summed E-state index contributed by atoms with van der Waals surface area (Å²) in [6.07, 6.45) is 37.8. The average Bonchev–Trinajstić information content (AvgIpc) is 3.70. The maximum absolute atomic E-state index is 5.23. The fourth-order valence-electron chi connectivity index (χ4n) is 7.87. The first-order chi connectivity index (χ1) is 32.6. The van der Waals surface area contributed by atoms with Crippen molar-refractivity contribution in [2.24, 2.45) is 4.99 Å². The molecule has 7 rings (SSSR count). The lowest BCUT2D eigenvalue weighted by Gasteiger charge is -2.25. The molecule has 0 fully saturated rings. The maximum atomic E-state index is 5.23. The van der Waals surface area contributed by atoms with Gasteiger partial charge in [0.15, 0.2) is 0 Å². The summed E-state index contributed by atoms with van der Waals surface area (Å²) in [7, 11) is 5.89. The van der Waals surface area contributed by atoms with Gasteiger partial charge in [-0.3, -0.25) is 15.0 Å². The molecule has 0 saturated heterocycles. The Morgan fingerprint density at radius 1 is 0.821 bits per heavy atom. The molecule has 1 aliphatic rings. The number of aromatic nitrogens is 4. The molecular formula is C59H66N8. The zero-order chi connectivity index (χ0) is 48.1. The molecule has 5 heterocycles. The van der Waals surface area contributed by atoms with Crippen molar-refractivity contribution in [2.45, 2.75) is 47.5 Å². The Bertz CT molecular complexity index is 2900. The molecule has 0 bridgehead atoms. The van der Waals surface area contributed by atoms with Crippen molar-refractivity contribution >= 4 is 45.0 Å². The van der Waals surface area contributed by atoms with Crippen LogP contribution in [-0.2, 0) is 0 Å². The molecule has 1 unspecified atom stereocenters. The topological polar surface area (TPSA) is 83.3 Å². The van der Waals surface area contributed by atoms with Gasteiger partial charge in [0.25, 0.3) is 0 Å². The second kappa shape index (κ2) is 25.6. The molecule has 0 amide bonds. The molecule has 342 valence electrons. The van der Waals surface area contributed by atoms with Crippen LogP contribution in [-0.4, -0.2) is 53.4 Å². The standard InChI is InChI=1S/C50H49N7.C5H8.C4H9N/c1-8-15-37(29-51-6)40(24-35(5)36-16-12-21-52-30-36)26-43(9-2)56(7)50-48(34(3)4)49-46(33-55-50)45-19-10-11-20-47(45)57(49)44-27-41(38-17-13-22-53-31-38)25-42(28-44)39-18-14-23-54-32-39;1-3-5-4-2;1-3-4-5-2/h8-31,33,39,51H,3,32H2,1-2,4-7H3;3-5H,1H2,2H3;3-5H,1-2H3/b15-8-,35-24+,37-29+,40-26+,43-9+;5-4-;4-3-. The first-order valence-corrected chi connectivity index (χ1v) is 22.7. The van der Waals surface area contributed by atoms with Gasteiger partial charge in [0.2, 0.25) is 0 Å². The second-order valence-electron chi connectivity index (χ2n) is 15.8. The van der Waals surface area contributed by atoms with E-state index in [1.54, 1.807) is 12.3 Å². The number of aliphatic imine (C=N–C) groups is 1. The summed E-state index contributed by atoms with van der Waals surface area (Å²) in [6, 6.07) is 23.6. The average molecular weight is 887 g/mol. The number of anilines is 1. The number of benzene rings is 2. The molecule has 67 heavy (non-hydrogen) atoms. The van der Waals surface area contributed by atoms with E-state index in [2.05, 4.69) is 167 Å². The molecule has 0 radical (unpaired) electrons. The molecule has 2 aromatic carbocycles. The lowest BCUT2D eigenvalue weighted by atomic mass is 9.93. The monoisotopic (exact) mass is 887 g/mol. The number of allylic oxidation sites excluding steroid dienone is 14. The van der Waals surface area contributed by atoms with Crippen molar-refractivity contribution in [3.63, 3.8) is 0 Å². The molecular weight excluding hydrogens is 821 g/mol. The summed E-state index contributed by atoms with van der Waals surface area (Å²) in [5.41, 5.74) is 13.7. The van der Waals surface area contributed by atoms with Gasteiger partial charge in [-0.05, 0) is 129 Å². The highest BCUT2D eigenvalue weighted by Crippen LogP contribution is 2.41. The van der Waals surface area contributed by atoms with E-state index in [0.29, 0.717) is 6.54 Å². The quantitative estimate of drug-likeness (QED) is 0.106. The number of fused-ring (bicyclic) bond motifs is 3. The van der Waals surface area contributed by atoms with E-state index in [-0.39, 0.29) is 5.92 Å². The van der Waals surface area contributed by atoms with Crippen LogP contribution < -0.4 is 15.5 Å². The van der Waals surface area contributed by atoms with Crippen LogP contribution in [0.25, 0.3) is 49.8 Å². The van der Waals surface area contributed by atoms with Crippen LogP contribution >= 0.6 is 0 Å². The highest BCUT2D eigenvalue weighted by Gasteiger charge is 2.24. The number of para-hydroxylation sites is 1. The van der Waals surface area contributed by atoms with E-state index in [4.69, 9.17) is 4.98 Å². The van der Waals surface area contributed by atoms with E-state index in [9.17, 15) is 0 Å². The number of pyridine rings is 3. The smallest absolute Gasteiger partial charge is 0.142 e. The van der Waals surface area contributed by atoms with Crippen LogP contribution in [0.4, 0.5) is 5.82 Å². The lowest BCUT2D eigenvalue weighted by Crippen LogP contribution is -2.19. The SMILES string of the molecule is C/C=C\NC.C=C(C)c1c(N(C)C(/C=C(\C=C(/C)c2cccnc2)C(/C=C\C)=C/NC)=C/C)ncc2c3ccccc3n(-c3cc(-c4cccnc4)cc(C4C=CC=NC4)c3)c12.C=C/C=C\C. The molecule has 0 aliphatic carbocycles. The summed E-state index contributed by atoms with van der Waals surface area (Å²) >= 11 is 0. The van der Waals surface area contributed by atoms with Crippen molar-refractivity contribution in [2.75, 3.05) is 32.6 Å². The predicted octanol–water partition coefficient (Wildman–Crippen LogP) is 13.9. The maximum Gasteiger partial charge on any atom is 0.142 e. The summed E-state index contributed by atoms with van der Waals surface area (Å²) in [4.78, 5) is 20.9. The van der Waals surface area contributed by atoms with Crippen LogP contribution in [0.3, 0.4) is 0 Å². The second-order valence-corrected chi connectivity index (χ2v) is 15.8. The number of nitrogens with one attached hydrogen (secondary N) is 2. The Kier molecular flexibility index (Phi) is 19.2. The first-order valence-electron chi connectivity index (χ1n) is 22.7. The number of rotatable bonds is 14. The number of hydrogen-bond donors (Lipinski definition) is 2. The predicted molar refractivity (Wildman–Crippen MR) is 291 cm³/mol. The largest absolute Gasteiger partial charge is 0.394 e. The van der Waals surface area contributed by atoms with Gasteiger partial charge in [-0.15, -0.1) is 0 Å². The Labute approximate surface area is 399 Å². The van der Waals surface area contributed by atoms with Crippen LogP contribution in [0.1, 0.15) is 64.2 Å². The Hall–Kier alpha value is -7.84. The fourth-order valence-corrected chi connectivity index (χ4v) is 7.87. The van der Waals surface area contributed by atoms with E-state index in [0.717, 1.165) is 83.6 Å². The van der Waals surface area contributed by atoms with Crippen LogP contribution in [0.2, 0.25) is 0 Å². The fraction of sp³-hybridized carbons (Fsp3) is 0.186. The van der Waals surface area contributed by atoms with Gasteiger partial charge < -0.3 is 20.1 Å². The van der Waals surface area contributed by atoms with Gasteiger partial charge in [-0.1, -0.05) is 104 Å². The minimum atomic E-state index is 0.154. The minimum Gasteiger partial charge on any atom is -0.394 e. The van der Waals surface area contributed by atoms with Crippen molar-refractivity contribution < 1.29 is 0 Å². The molecule has 2 N–H and O–H groups in total. The van der Waals surface area contributed by atoms with Gasteiger partial charge in [0.1, 0.15) is 5.82 Å². The van der Waals surface area contributed by atoms with Gasteiger partial charge >= 0.3 is 0 Å². The number of nitrogens with zero attached hydrogens (tertiary/aromatic N) is 6. The molecule has 1 atom stereocenters. The van der Waals surface area contributed by atoms with Crippen LogP contribution in [0.5, 0.6) is 0 Å². The van der Waals surface area contributed by atoms with Crippen molar-refractivity contribution in [1.82, 2.24) is 30.2 Å². The van der Waals surface area contributed by atoms with E-state index < -0.39 is 0 Å². The lowest BCUT2D eigenvalue weighted by molar-refractivity contribution is 0.844. The van der Waals surface area contributed by atoms with Crippen molar-refractivity contribution in [3.05, 3.63) is 224 Å². The molecule has 0 saturated carbocycles. The Morgan fingerprint density at radius 3 is 2.18 bits per heavy atom. The van der Waals surface area contributed by atoms with Gasteiger partial charge in [0, 0.05) is 110 Å². The summed E-state index contributed by atoms with van der Waals surface area (Å²) in [6.45, 7) is 21.0. The molecule has 0 spiro atoms. The van der Waals surface area contributed by atoms with Crippen LogP contribution in [0, 0.1) is 0 Å². The normalized spacial score (nSPS) is 14.3. The van der Waals surface area contributed by atoms with E-state index in [1.807, 2.05) is 115 Å². The van der Waals surface area contributed by atoms with Gasteiger partial charge in [0.05, 0.1) is 11.0 Å². The highest BCUT2D eigenvalue weighted by atomic mass is 15.2. The van der Waals surface area contributed by atoms with Crippen molar-refractivity contribution in [1.29, 1.82) is 0 Å². The number of likely N-dealkylation sites (N-methyl/N-ethyl adjacent to an activating group) is 1. The summed E-state index contributed by atoms with van der Waals surface area (Å²) in [5.74, 6) is 0.968. The van der Waals surface area contributed by atoms with Gasteiger partial charge in [-0.25, -0.2) is 4.98 Å². The Morgan fingerprint density at radius 2 is 1.60 bits per heavy atom. The molecule has 8 nitrogen and oxygen atoms in total. The zero-order valence-electron chi connectivity index (χ0n) is 40.7. The third kappa shape index (κ3) is 12.7. The minimum absolute atomic E-state index is 0.154. The molecule has 6 aromatic rings. The van der Waals surface area contributed by atoms with E-state index >= 15 is 0 Å². The Balaban J connectivity index is 0.000000761. The number of dihydropyridines is 1. The highest BCUT2D eigenvalue weighted by molar-refractivity contribution is 6.13.